The van der Waals surface area contributed by atoms with E-state index in [1.807, 2.05) is 54.0 Å². The molecule has 7 nitrogen and oxygen atoms in total. The van der Waals surface area contributed by atoms with E-state index in [2.05, 4.69) is 15.2 Å². The number of aliphatic hydroxyl groups is 1. The van der Waals surface area contributed by atoms with Crippen LogP contribution in [0, 0.1) is 17.8 Å². The van der Waals surface area contributed by atoms with Gasteiger partial charge >= 0.3 is 0 Å². The van der Waals surface area contributed by atoms with Gasteiger partial charge in [-0.25, -0.2) is 0 Å². The first kappa shape index (κ1) is 21.1. The van der Waals surface area contributed by atoms with Crippen molar-refractivity contribution in [1.82, 2.24) is 19.8 Å². The molecule has 2 aromatic heterocycles. The van der Waals surface area contributed by atoms with E-state index in [9.17, 15) is 14.7 Å². The zero-order valence-corrected chi connectivity index (χ0v) is 18.4. The summed E-state index contributed by atoms with van der Waals surface area (Å²) < 4.78 is 1.86. The molecule has 1 saturated heterocycles. The molecule has 2 aromatic rings. The van der Waals surface area contributed by atoms with Crippen molar-refractivity contribution in [3.05, 3.63) is 69.9 Å². The van der Waals surface area contributed by atoms with Gasteiger partial charge in [-0.2, -0.15) is 0 Å². The molecule has 4 heterocycles. The van der Waals surface area contributed by atoms with Crippen molar-refractivity contribution < 1.29 is 9.90 Å². The molecule has 0 unspecified atom stereocenters. The first-order valence-corrected chi connectivity index (χ1v) is 11.5. The molecule has 5 rings (SSSR count). The minimum atomic E-state index is -0.404. The summed E-state index contributed by atoms with van der Waals surface area (Å²) >= 11 is 0. The zero-order chi connectivity index (χ0) is 22.2. The Balaban J connectivity index is 1.46. The van der Waals surface area contributed by atoms with E-state index in [1.54, 1.807) is 6.20 Å². The highest BCUT2D eigenvalue weighted by Crippen LogP contribution is 2.50. The molecule has 1 amide bonds. The van der Waals surface area contributed by atoms with E-state index < -0.39 is 6.04 Å². The number of aliphatic hydroxyl groups excluding tert-OH is 1. The second kappa shape index (κ2) is 8.64. The zero-order valence-electron chi connectivity index (χ0n) is 18.4. The highest BCUT2D eigenvalue weighted by Gasteiger charge is 2.56. The predicted molar refractivity (Wildman–Crippen MR) is 122 cm³/mol. The molecule has 0 bridgehead atoms. The van der Waals surface area contributed by atoms with Gasteiger partial charge in [0.05, 0.1) is 24.3 Å². The summed E-state index contributed by atoms with van der Waals surface area (Å²) in [5.74, 6) is 0.344. The number of likely N-dealkylation sites (tertiary alicyclic amines) is 1. The van der Waals surface area contributed by atoms with Gasteiger partial charge in [0.2, 0.25) is 5.91 Å². The fraction of sp³-hybridized carbons (Fsp3) is 0.480. The molecule has 32 heavy (non-hydrogen) atoms. The van der Waals surface area contributed by atoms with Gasteiger partial charge in [0.15, 0.2) is 0 Å². The lowest BCUT2D eigenvalue weighted by atomic mass is 9.88. The molecule has 1 saturated carbocycles. The second-order valence-corrected chi connectivity index (χ2v) is 9.21. The average Bonchev–Trinajstić information content (AvgIpc) is 3.47. The van der Waals surface area contributed by atoms with E-state index in [4.69, 9.17) is 0 Å². The molecule has 4 atom stereocenters. The van der Waals surface area contributed by atoms with Gasteiger partial charge in [-0.05, 0) is 49.9 Å². The number of rotatable bonds is 7. The molecule has 0 spiro atoms. The van der Waals surface area contributed by atoms with Crippen molar-refractivity contribution in [3.8, 4) is 0 Å². The molecule has 2 aliphatic heterocycles. The molecule has 1 aliphatic carbocycles. The van der Waals surface area contributed by atoms with Gasteiger partial charge in [0, 0.05) is 49.0 Å². The molecule has 0 aromatic carbocycles. The van der Waals surface area contributed by atoms with E-state index in [1.165, 1.54) is 12.8 Å². The number of nitrogens with zero attached hydrogens (tertiary/aromatic N) is 3. The highest BCUT2D eigenvalue weighted by molar-refractivity contribution is 5.82. The monoisotopic (exact) mass is 434 g/mol. The lowest BCUT2D eigenvalue weighted by molar-refractivity contribution is -0.128. The van der Waals surface area contributed by atoms with Crippen LogP contribution in [0.1, 0.15) is 42.8 Å². The van der Waals surface area contributed by atoms with Crippen LogP contribution in [0.2, 0.25) is 0 Å². The van der Waals surface area contributed by atoms with Gasteiger partial charge < -0.3 is 15.0 Å². The van der Waals surface area contributed by atoms with Crippen LogP contribution >= 0.6 is 0 Å². The molecule has 168 valence electrons. The number of carbonyl (C=O) groups is 1. The van der Waals surface area contributed by atoms with E-state index in [-0.39, 0.29) is 36.0 Å². The Kier molecular flexibility index (Phi) is 5.69. The average molecular weight is 435 g/mol. The maximum Gasteiger partial charge on any atom is 0.258 e. The van der Waals surface area contributed by atoms with Crippen LogP contribution < -0.4 is 10.9 Å². The van der Waals surface area contributed by atoms with Crippen molar-refractivity contribution >= 4 is 12.0 Å². The number of hydrogen-bond acceptors (Lipinski definition) is 5. The number of fused-ring (bicyclic) bond motifs is 3. The fourth-order valence-corrected chi connectivity index (χ4v) is 5.52. The summed E-state index contributed by atoms with van der Waals surface area (Å²) in [7, 11) is 0. The molecular weight excluding hydrogens is 404 g/mol. The molecule has 7 heteroatoms. The van der Waals surface area contributed by atoms with E-state index in [0.29, 0.717) is 24.6 Å². The van der Waals surface area contributed by atoms with Gasteiger partial charge in [-0.1, -0.05) is 18.2 Å². The Labute approximate surface area is 187 Å². The predicted octanol–water partition coefficient (Wildman–Crippen LogP) is 1.97. The maximum absolute atomic E-state index is 13.4. The van der Waals surface area contributed by atoms with Gasteiger partial charge in [-0.15, -0.1) is 0 Å². The third kappa shape index (κ3) is 3.69. The van der Waals surface area contributed by atoms with E-state index >= 15 is 0 Å². The highest BCUT2D eigenvalue weighted by atomic mass is 16.3. The SMILES string of the molecule is C/C=C/c1ccc2n(c1=O)C[C@@H]1[C@@H](CO)[C@H](C(=O)NCc3ccccn3)N(CC3CC3)[C@H]21. The van der Waals surface area contributed by atoms with Gasteiger partial charge in [-0.3, -0.25) is 19.5 Å². The normalized spacial score (nSPS) is 26.9. The van der Waals surface area contributed by atoms with E-state index in [0.717, 1.165) is 17.9 Å². The van der Waals surface area contributed by atoms with Crippen LogP contribution in [-0.2, 0) is 17.9 Å². The summed E-state index contributed by atoms with van der Waals surface area (Å²) in [5.41, 5.74) is 2.46. The summed E-state index contributed by atoms with van der Waals surface area (Å²) in [6, 6.07) is 9.13. The van der Waals surface area contributed by atoms with Crippen molar-refractivity contribution in [3.63, 3.8) is 0 Å². The summed E-state index contributed by atoms with van der Waals surface area (Å²) in [6.45, 7) is 3.56. The standard InChI is InChI=1S/C25H30N4O3/c1-2-5-17-9-10-21-22-19(14-28(21)25(17)32)20(15-30)23(29(22)13-16-7-8-16)24(31)27-12-18-6-3-4-11-26-18/h2-6,9-11,16,19-20,22-23,30H,7-8,12-15H2,1H3,(H,27,31)/b5-2+/t19-,20-,22+,23-/m1/s1. The quantitative estimate of drug-likeness (QED) is 0.696. The lowest BCUT2D eigenvalue weighted by Gasteiger charge is -2.30. The molecule has 2 N–H and O–H groups in total. The maximum atomic E-state index is 13.4. The number of pyridine rings is 2. The Bertz CT molecular complexity index is 1080. The number of allylic oxidation sites excluding steroid dienone is 1. The second-order valence-electron chi connectivity index (χ2n) is 9.21. The topological polar surface area (TPSA) is 87.5 Å². The Morgan fingerprint density at radius 2 is 2.12 bits per heavy atom. The molecular formula is C25H30N4O3. The van der Waals surface area contributed by atoms with Gasteiger partial charge in [0.1, 0.15) is 0 Å². The van der Waals surface area contributed by atoms with Gasteiger partial charge in [0.25, 0.3) is 5.56 Å². The molecule has 0 radical (unpaired) electrons. The third-order valence-electron chi connectivity index (χ3n) is 7.17. The number of hydrogen-bond donors (Lipinski definition) is 2. The van der Waals surface area contributed by atoms with Crippen LogP contribution in [0.15, 0.2) is 47.4 Å². The summed E-state index contributed by atoms with van der Waals surface area (Å²) in [6.07, 6.45) is 7.77. The minimum absolute atomic E-state index is 0.00853. The lowest BCUT2D eigenvalue weighted by Crippen LogP contribution is -2.48. The Hall–Kier alpha value is -2.77. The Morgan fingerprint density at radius 3 is 2.81 bits per heavy atom. The molecule has 2 fully saturated rings. The largest absolute Gasteiger partial charge is 0.396 e. The first-order chi connectivity index (χ1) is 15.6. The van der Waals surface area contributed by atoms with Crippen LogP contribution in [0.5, 0.6) is 0 Å². The number of aromatic nitrogens is 2. The van der Waals surface area contributed by atoms with Crippen LogP contribution in [0.3, 0.4) is 0 Å². The van der Waals surface area contributed by atoms with Crippen LogP contribution in [0.4, 0.5) is 0 Å². The fourth-order valence-electron chi connectivity index (χ4n) is 5.52. The minimum Gasteiger partial charge on any atom is -0.396 e. The number of carbonyl (C=O) groups excluding carboxylic acids is 1. The smallest absolute Gasteiger partial charge is 0.258 e. The van der Waals surface area contributed by atoms with Crippen molar-refractivity contribution in [1.29, 1.82) is 0 Å². The number of nitrogens with one attached hydrogen (secondary N) is 1. The Morgan fingerprint density at radius 1 is 1.28 bits per heavy atom. The number of amides is 1. The van der Waals surface area contributed by atoms with Crippen molar-refractivity contribution in [2.24, 2.45) is 17.8 Å². The van der Waals surface area contributed by atoms with Crippen molar-refractivity contribution in [2.75, 3.05) is 13.2 Å². The first-order valence-electron chi connectivity index (χ1n) is 11.5. The summed E-state index contributed by atoms with van der Waals surface area (Å²) in [5, 5.41) is 13.4. The van der Waals surface area contributed by atoms with Crippen LogP contribution in [0.25, 0.3) is 6.08 Å². The van der Waals surface area contributed by atoms with Crippen LogP contribution in [-0.4, -0.2) is 44.7 Å². The summed E-state index contributed by atoms with van der Waals surface area (Å²) in [4.78, 5) is 33.0. The molecule has 3 aliphatic rings. The van der Waals surface area contributed by atoms with Crippen molar-refractivity contribution in [2.45, 2.75) is 44.9 Å². The third-order valence-corrected chi connectivity index (χ3v) is 7.17.